The predicted octanol–water partition coefficient (Wildman–Crippen LogP) is 2.19. The van der Waals surface area contributed by atoms with E-state index in [-0.39, 0.29) is 0 Å². The second-order valence-electron chi connectivity index (χ2n) is 2.81. The van der Waals surface area contributed by atoms with Crippen molar-refractivity contribution >= 4 is 8.96 Å². The summed E-state index contributed by atoms with van der Waals surface area (Å²) in [5.74, 6) is 0. The highest BCUT2D eigenvalue weighted by Crippen LogP contribution is 2.03. The molecule has 0 aliphatic heterocycles. The van der Waals surface area contributed by atoms with Crippen LogP contribution in [-0.2, 0) is 0 Å². The van der Waals surface area contributed by atoms with E-state index in [1.54, 1.807) is 0 Å². The molecule has 0 aromatic rings. The van der Waals surface area contributed by atoms with E-state index in [1.807, 2.05) is 0 Å². The predicted molar refractivity (Wildman–Crippen MR) is 55.4 cm³/mol. The fourth-order valence-electron chi connectivity index (χ4n) is 1.44. The smallest absolute Gasteiger partial charge is 0.135 e. The first-order valence-corrected chi connectivity index (χ1v) is 6.66. The lowest BCUT2D eigenvalue weighted by Gasteiger charge is -2.25. The van der Waals surface area contributed by atoms with Crippen LogP contribution in [0.25, 0.3) is 0 Å². The standard InChI is InChI=1S/C9H21NSi/c1-5-9-11(8-4)10(6-2)7-3/h8,11H,4-7,9H2,1-3H3. The summed E-state index contributed by atoms with van der Waals surface area (Å²) in [6.07, 6.45) is 1.30. The van der Waals surface area contributed by atoms with Crippen molar-refractivity contribution in [3.05, 3.63) is 12.3 Å². The third-order valence-corrected chi connectivity index (χ3v) is 5.52. The van der Waals surface area contributed by atoms with Crippen LogP contribution in [0.4, 0.5) is 0 Å². The van der Waals surface area contributed by atoms with E-state index >= 15 is 0 Å². The van der Waals surface area contributed by atoms with Crippen LogP contribution in [0.3, 0.4) is 0 Å². The topological polar surface area (TPSA) is 3.24 Å². The summed E-state index contributed by atoms with van der Waals surface area (Å²) >= 11 is 0. The van der Waals surface area contributed by atoms with Crippen molar-refractivity contribution < 1.29 is 0 Å². The van der Waals surface area contributed by atoms with Gasteiger partial charge in [-0.15, -0.1) is 6.58 Å². The molecule has 0 saturated heterocycles. The molecule has 0 rings (SSSR count). The van der Waals surface area contributed by atoms with Gasteiger partial charge in [-0.1, -0.05) is 32.9 Å². The lowest BCUT2D eigenvalue weighted by molar-refractivity contribution is 0.482. The van der Waals surface area contributed by atoms with Gasteiger partial charge in [0.1, 0.15) is 8.96 Å². The Labute approximate surface area is 72.8 Å². The Morgan fingerprint density at radius 1 is 1.27 bits per heavy atom. The van der Waals surface area contributed by atoms with Crippen LogP contribution < -0.4 is 0 Å². The SMILES string of the molecule is C=C[SiH](CCC)N(CC)CC. The zero-order valence-electron chi connectivity index (χ0n) is 8.14. The molecule has 0 aliphatic carbocycles. The molecule has 66 valence electrons. The minimum absolute atomic E-state index is 0.731. The summed E-state index contributed by atoms with van der Waals surface area (Å²) in [7, 11) is -0.731. The van der Waals surface area contributed by atoms with Gasteiger partial charge in [0, 0.05) is 0 Å². The van der Waals surface area contributed by atoms with E-state index in [1.165, 1.54) is 25.6 Å². The largest absolute Gasteiger partial charge is 0.323 e. The maximum Gasteiger partial charge on any atom is 0.135 e. The van der Waals surface area contributed by atoms with Gasteiger partial charge in [-0.2, -0.15) is 0 Å². The van der Waals surface area contributed by atoms with Crippen LogP contribution in [0.5, 0.6) is 0 Å². The van der Waals surface area contributed by atoms with Crippen molar-refractivity contribution in [1.82, 2.24) is 4.57 Å². The molecular formula is C9H21NSi. The minimum atomic E-state index is -0.731. The molecule has 0 bridgehead atoms. The molecule has 1 unspecified atom stereocenters. The van der Waals surface area contributed by atoms with E-state index in [4.69, 9.17) is 0 Å². The molecule has 0 fully saturated rings. The van der Waals surface area contributed by atoms with Gasteiger partial charge in [0.15, 0.2) is 0 Å². The molecule has 0 saturated carbocycles. The van der Waals surface area contributed by atoms with E-state index in [2.05, 4.69) is 37.6 Å². The average Bonchev–Trinajstić information content (AvgIpc) is 2.05. The van der Waals surface area contributed by atoms with Crippen LogP contribution in [0.15, 0.2) is 12.3 Å². The van der Waals surface area contributed by atoms with Crippen molar-refractivity contribution in [3.8, 4) is 0 Å². The molecule has 1 nitrogen and oxygen atoms in total. The van der Waals surface area contributed by atoms with Crippen LogP contribution in [0.2, 0.25) is 6.04 Å². The molecule has 0 radical (unpaired) electrons. The van der Waals surface area contributed by atoms with E-state index < -0.39 is 8.96 Å². The fourth-order valence-corrected chi connectivity index (χ4v) is 3.87. The van der Waals surface area contributed by atoms with E-state index in [0.29, 0.717) is 0 Å². The summed E-state index contributed by atoms with van der Waals surface area (Å²) in [6.45, 7) is 13.0. The van der Waals surface area contributed by atoms with Gasteiger partial charge in [-0.3, -0.25) is 0 Å². The zero-order valence-corrected chi connectivity index (χ0v) is 9.29. The summed E-state index contributed by atoms with van der Waals surface area (Å²) in [4.78, 5) is 0. The highest BCUT2D eigenvalue weighted by atomic mass is 28.3. The Balaban J connectivity index is 3.86. The Hall–Kier alpha value is -0.0831. The van der Waals surface area contributed by atoms with Crippen LogP contribution in [-0.4, -0.2) is 26.6 Å². The van der Waals surface area contributed by atoms with Crippen molar-refractivity contribution in [2.45, 2.75) is 33.2 Å². The molecule has 0 spiro atoms. The normalized spacial score (nSPS) is 13.5. The summed E-state index contributed by atoms with van der Waals surface area (Å²) < 4.78 is 2.58. The molecule has 0 aromatic heterocycles. The van der Waals surface area contributed by atoms with Gasteiger partial charge >= 0.3 is 0 Å². The van der Waals surface area contributed by atoms with Crippen LogP contribution in [0.1, 0.15) is 27.2 Å². The molecule has 0 aliphatic rings. The molecule has 11 heavy (non-hydrogen) atoms. The number of hydrogen-bond acceptors (Lipinski definition) is 1. The zero-order chi connectivity index (χ0) is 8.69. The van der Waals surface area contributed by atoms with Crippen LogP contribution in [0, 0.1) is 0 Å². The van der Waals surface area contributed by atoms with Crippen molar-refractivity contribution in [1.29, 1.82) is 0 Å². The minimum Gasteiger partial charge on any atom is -0.323 e. The van der Waals surface area contributed by atoms with E-state index in [9.17, 15) is 0 Å². The molecule has 0 N–H and O–H groups in total. The highest BCUT2D eigenvalue weighted by molar-refractivity contribution is 6.61. The third kappa shape index (κ3) is 3.73. The Bertz CT molecular complexity index is 99.7. The molecule has 0 aromatic carbocycles. The summed E-state index contributed by atoms with van der Waals surface area (Å²) in [5, 5.41) is 0. The van der Waals surface area contributed by atoms with Crippen molar-refractivity contribution in [3.63, 3.8) is 0 Å². The second kappa shape index (κ2) is 6.62. The number of rotatable bonds is 6. The number of hydrogen-bond donors (Lipinski definition) is 0. The lowest BCUT2D eigenvalue weighted by Crippen LogP contribution is -2.37. The lowest BCUT2D eigenvalue weighted by atomic mass is 10.6. The highest BCUT2D eigenvalue weighted by Gasteiger charge is 2.11. The molecular weight excluding hydrogens is 150 g/mol. The molecule has 0 heterocycles. The molecule has 0 amide bonds. The first kappa shape index (κ1) is 10.9. The monoisotopic (exact) mass is 171 g/mol. The van der Waals surface area contributed by atoms with Gasteiger partial charge in [0.25, 0.3) is 0 Å². The second-order valence-corrected chi connectivity index (χ2v) is 5.73. The van der Waals surface area contributed by atoms with Gasteiger partial charge in [0.05, 0.1) is 0 Å². The van der Waals surface area contributed by atoms with Crippen molar-refractivity contribution in [2.75, 3.05) is 13.1 Å². The van der Waals surface area contributed by atoms with Gasteiger partial charge in [0.2, 0.25) is 0 Å². The first-order chi connectivity index (χ1) is 5.29. The Morgan fingerprint density at radius 2 is 1.82 bits per heavy atom. The average molecular weight is 171 g/mol. The molecule has 2 heteroatoms. The third-order valence-electron chi connectivity index (χ3n) is 2.14. The Morgan fingerprint density at radius 3 is 2.09 bits per heavy atom. The van der Waals surface area contributed by atoms with E-state index in [0.717, 1.165) is 0 Å². The van der Waals surface area contributed by atoms with Crippen molar-refractivity contribution in [2.24, 2.45) is 0 Å². The van der Waals surface area contributed by atoms with Gasteiger partial charge in [-0.25, -0.2) is 0 Å². The maximum atomic E-state index is 3.92. The van der Waals surface area contributed by atoms with Gasteiger partial charge in [-0.05, 0) is 19.1 Å². The Kier molecular flexibility index (Phi) is 6.57. The molecule has 1 atom stereocenters. The summed E-state index contributed by atoms with van der Waals surface area (Å²) in [6, 6.07) is 1.38. The first-order valence-electron chi connectivity index (χ1n) is 4.66. The number of nitrogens with zero attached hydrogens (tertiary/aromatic N) is 1. The maximum absolute atomic E-state index is 3.92. The van der Waals surface area contributed by atoms with Gasteiger partial charge < -0.3 is 4.57 Å². The fraction of sp³-hybridized carbons (Fsp3) is 0.778. The summed E-state index contributed by atoms with van der Waals surface area (Å²) in [5.41, 5.74) is 2.20. The quantitative estimate of drug-likeness (QED) is 0.554. The van der Waals surface area contributed by atoms with Crippen LogP contribution >= 0.6 is 0 Å².